The van der Waals surface area contributed by atoms with Gasteiger partial charge in [-0.3, -0.25) is 9.59 Å². The minimum atomic E-state index is -1.11. The number of rotatable bonds is 6. The second-order valence-corrected chi connectivity index (χ2v) is 4.43. The summed E-state index contributed by atoms with van der Waals surface area (Å²) in [5.74, 6) is 0.744. The summed E-state index contributed by atoms with van der Waals surface area (Å²) in [6.07, 6.45) is 7.63. The van der Waals surface area contributed by atoms with Gasteiger partial charge >= 0.3 is 5.97 Å². The second kappa shape index (κ2) is 6.86. The van der Waals surface area contributed by atoms with Crippen LogP contribution in [-0.4, -0.2) is 39.5 Å². The van der Waals surface area contributed by atoms with Crippen molar-refractivity contribution in [2.45, 2.75) is 19.9 Å². The van der Waals surface area contributed by atoms with E-state index < -0.39 is 18.4 Å². The smallest absolute Gasteiger partial charge is 0.323 e. The average molecular weight is 283 g/mol. The van der Waals surface area contributed by atoms with Crippen LogP contribution in [0.15, 0.2) is 12.3 Å². The Morgan fingerprint density at radius 1 is 1.58 bits per heavy atom. The molecule has 0 saturated carbocycles. The number of nitrogens with zero attached hydrogens (tertiary/aromatic N) is 2. The van der Waals surface area contributed by atoms with Crippen LogP contribution >= 0.6 is 11.6 Å². The number of carboxylic acid groups (broad SMARTS) is 1. The van der Waals surface area contributed by atoms with E-state index in [1.807, 2.05) is 6.92 Å². The molecule has 0 atom stereocenters. The SMILES string of the molecule is C#CCN(CC(=O)O)C(=O)c1cc(Cl)cn1CCC. The first-order valence-corrected chi connectivity index (χ1v) is 6.17. The van der Waals surface area contributed by atoms with Gasteiger partial charge in [0.05, 0.1) is 11.6 Å². The van der Waals surface area contributed by atoms with Gasteiger partial charge in [-0.05, 0) is 12.5 Å². The third-order valence-corrected chi connectivity index (χ3v) is 2.65. The van der Waals surface area contributed by atoms with Gasteiger partial charge in [0.1, 0.15) is 12.2 Å². The third-order valence-electron chi connectivity index (χ3n) is 2.44. The Morgan fingerprint density at radius 2 is 2.26 bits per heavy atom. The van der Waals surface area contributed by atoms with Crippen LogP contribution in [0.2, 0.25) is 5.02 Å². The Balaban J connectivity index is 3.01. The molecule has 102 valence electrons. The topological polar surface area (TPSA) is 62.5 Å². The highest BCUT2D eigenvalue weighted by molar-refractivity contribution is 6.31. The van der Waals surface area contributed by atoms with Gasteiger partial charge in [-0.25, -0.2) is 0 Å². The van der Waals surface area contributed by atoms with E-state index in [-0.39, 0.29) is 6.54 Å². The quantitative estimate of drug-likeness (QED) is 0.808. The first-order valence-electron chi connectivity index (χ1n) is 5.79. The van der Waals surface area contributed by atoms with Gasteiger partial charge in [-0.1, -0.05) is 24.4 Å². The molecule has 0 aliphatic heterocycles. The number of terminal acetylenes is 1. The van der Waals surface area contributed by atoms with E-state index in [4.69, 9.17) is 23.1 Å². The van der Waals surface area contributed by atoms with Crippen LogP contribution in [0.25, 0.3) is 0 Å². The van der Waals surface area contributed by atoms with Crippen molar-refractivity contribution < 1.29 is 14.7 Å². The molecule has 0 aliphatic rings. The third kappa shape index (κ3) is 4.04. The lowest BCUT2D eigenvalue weighted by Crippen LogP contribution is -2.37. The summed E-state index contributed by atoms with van der Waals surface area (Å²) < 4.78 is 1.70. The first-order chi connectivity index (χ1) is 8.99. The molecule has 1 amide bonds. The van der Waals surface area contributed by atoms with Gasteiger partial charge in [0.15, 0.2) is 0 Å². The molecule has 1 aromatic heterocycles. The fourth-order valence-corrected chi connectivity index (χ4v) is 1.94. The summed E-state index contributed by atoms with van der Waals surface area (Å²) in [4.78, 5) is 24.1. The van der Waals surface area contributed by atoms with Crippen LogP contribution in [0.3, 0.4) is 0 Å². The van der Waals surface area contributed by atoms with Crippen molar-refractivity contribution in [2.75, 3.05) is 13.1 Å². The number of carboxylic acids is 1. The fourth-order valence-electron chi connectivity index (χ4n) is 1.71. The van der Waals surface area contributed by atoms with Crippen molar-refractivity contribution >= 4 is 23.5 Å². The molecule has 0 radical (unpaired) electrons. The molecule has 0 aromatic carbocycles. The summed E-state index contributed by atoms with van der Waals surface area (Å²) in [6.45, 7) is 2.11. The maximum Gasteiger partial charge on any atom is 0.323 e. The van der Waals surface area contributed by atoms with Crippen molar-refractivity contribution in [3.63, 3.8) is 0 Å². The zero-order valence-electron chi connectivity index (χ0n) is 10.6. The molecular weight excluding hydrogens is 268 g/mol. The normalized spacial score (nSPS) is 9.95. The molecule has 1 aromatic rings. The van der Waals surface area contributed by atoms with E-state index in [9.17, 15) is 9.59 Å². The number of carbonyl (C=O) groups excluding carboxylic acids is 1. The Bertz CT molecular complexity index is 516. The van der Waals surface area contributed by atoms with Gasteiger partial charge in [0, 0.05) is 12.7 Å². The predicted octanol–water partition coefficient (Wildman–Crippen LogP) is 1.71. The lowest BCUT2D eigenvalue weighted by atomic mass is 10.3. The van der Waals surface area contributed by atoms with Crippen molar-refractivity contribution in [3.05, 3.63) is 23.0 Å². The maximum absolute atomic E-state index is 12.3. The highest BCUT2D eigenvalue weighted by Crippen LogP contribution is 2.16. The zero-order chi connectivity index (χ0) is 14.4. The van der Waals surface area contributed by atoms with E-state index >= 15 is 0 Å². The van der Waals surface area contributed by atoms with E-state index in [0.29, 0.717) is 17.3 Å². The number of halogens is 1. The molecule has 6 heteroatoms. The van der Waals surface area contributed by atoms with E-state index in [0.717, 1.165) is 11.3 Å². The molecule has 1 heterocycles. The van der Waals surface area contributed by atoms with Crippen molar-refractivity contribution in [1.29, 1.82) is 0 Å². The van der Waals surface area contributed by atoms with Gasteiger partial charge in [-0.2, -0.15) is 0 Å². The minimum absolute atomic E-state index is 0.0555. The van der Waals surface area contributed by atoms with Crippen LogP contribution in [0, 0.1) is 12.3 Å². The Hall–Kier alpha value is -1.93. The molecule has 1 N–H and O–H groups in total. The van der Waals surface area contributed by atoms with Crippen LogP contribution in [-0.2, 0) is 11.3 Å². The van der Waals surface area contributed by atoms with Crippen molar-refractivity contribution in [2.24, 2.45) is 0 Å². The highest BCUT2D eigenvalue weighted by atomic mass is 35.5. The van der Waals surface area contributed by atoms with E-state index in [1.165, 1.54) is 6.07 Å². The number of carbonyl (C=O) groups is 2. The number of aliphatic carboxylic acids is 1. The van der Waals surface area contributed by atoms with Gasteiger partial charge in [0.2, 0.25) is 0 Å². The fraction of sp³-hybridized carbons (Fsp3) is 0.385. The number of aryl methyl sites for hydroxylation is 1. The van der Waals surface area contributed by atoms with Crippen molar-refractivity contribution in [1.82, 2.24) is 9.47 Å². The first kappa shape index (κ1) is 15.1. The molecule has 0 unspecified atom stereocenters. The second-order valence-electron chi connectivity index (χ2n) is 4.00. The average Bonchev–Trinajstić information content (AvgIpc) is 2.69. The van der Waals surface area contributed by atoms with Crippen LogP contribution < -0.4 is 0 Å². The highest BCUT2D eigenvalue weighted by Gasteiger charge is 2.21. The summed E-state index contributed by atoms with van der Waals surface area (Å²) in [5.41, 5.74) is 0.350. The van der Waals surface area contributed by atoms with Crippen LogP contribution in [0.4, 0.5) is 0 Å². The van der Waals surface area contributed by atoms with E-state index in [2.05, 4.69) is 5.92 Å². The Kier molecular flexibility index (Phi) is 5.46. The molecule has 0 aliphatic carbocycles. The maximum atomic E-state index is 12.3. The van der Waals surface area contributed by atoms with Gasteiger partial charge in [0.25, 0.3) is 5.91 Å². The summed E-state index contributed by atoms with van der Waals surface area (Å²) >= 11 is 5.88. The Labute approximate surface area is 116 Å². The van der Waals surface area contributed by atoms with Crippen molar-refractivity contribution in [3.8, 4) is 12.3 Å². The lowest BCUT2D eigenvalue weighted by molar-refractivity contribution is -0.137. The van der Waals surface area contributed by atoms with Gasteiger partial charge in [-0.15, -0.1) is 6.42 Å². The largest absolute Gasteiger partial charge is 0.480 e. The molecule has 0 saturated heterocycles. The molecule has 0 spiro atoms. The van der Waals surface area contributed by atoms with E-state index in [1.54, 1.807) is 10.8 Å². The summed E-state index contributed by atoms with van der Waals surface area (Å²) in [7, 11) is 0. The molecule has 19 heavy (non-hydrogen) atoms. The number of hydrogen-bond donors (Lipinski definition) is 1. The predicted molar refractivity (Wildman–Crippen MR) is 72.1 cm³/mol. The minimum Gasteiger partial charge on any atom is -0.480 e. The molecule has 5 nitrogen and oxygen atoms in total. The summed E-state index contributed by atoms with van der Waals surface area (Å²) in [5, 5.41) is 9.23. The number of amides is 1. The Morgan fingerprint density at radius 3 is 2.79 bits per heavy atom. The molecule has 1 rings (SSSR count). The molecule has 0 fully saturated rings. The summed E-state index contributed by atoms with van der Waals surface area (Å²) in [6, 6.07) is 1.52. The number of aromatic nitrogens is 1. The molecular formula is C13H15ClN2O3. The standard InChI is InChI=1S/C13H15ClN2O3/c1-3-5-15-8-10(14)7-11(15)13(19)16(6-4-2)9-12(17)18/h2,7-8H,3,5-6,9H2,1H3,(H,17,18). The van der Waals surface area contributed by atoms with Crippen LogP contribution in [0.1, 0.15) is 23.8 Å². The van der Waals surface area contributed by atoms with Gasteiger partial charge < -0.3 is 14.6 Å². The number of hydrogen-bond acceptors (Lipinski definition) is 2. The van der Waals surface area contributed by atoms with Crippen LogP contribution in [0.5, 0.6) is 0 Å². The lowest BCUT2D eigenvalue weighted by Gasteiger charge is -2.18. The monoisotopic (exact) mass is 282 g/mol. The molecule has 0 bridgehead atoms. The zero-order valence-corrected chi connectivity index (χ0v) is 11.4.